The molecule has 1 aromatic carbocycles. The summed E-state index contributed by atoms with van der Waals surface area (Å²) >= 11 is 5.77. The second-order valence-electron chi connectivity index (χ2n) is 6.00. The Morgan fingerprint density at radius 2 is 2.04 bits per heavy atom. The zero-order valence-corrected chi connectivity index (χ0v) is 14.6. The van der Waals surface area contributed by atoms with Crippen LogP contribution < -0.4 is 5.43 Å². The summed E-state index contributed by atoms with van der Waals surface area (Å²) in [7, 11) is 0. The molecule has 25 heavy (non-hydrogen) atoms. The third-order valence-corrected chi connectivity index (χ3v) is 4.14. The summed E-state index contributed by atoms with van der Waals surface area (Å²) in [6.07, 6.45) is 2.55. The van der Waals surface area contributed by atoms with Crippen LogP contribution in [-0.4, -0.2) is 20.3 Å². The molecule has 0 aliphatic heterocycles. The molecule has 0 aliphatic rings. The Balaban J connectivity index is 2.36. The van der Waals surface area contributed by atoms with Crippen molar-refractivity contribution < 1.29 is 9.18 Å². The predicted molar refractivity (Wildman–Crippen MR) is 94.6 cm³/mol. The van der Waals surface area contributed by atoms with Gasteiger partial charge in [-0.15, -0.1) is 0 Å². The Labute approximate surface area is 148 Å². The Bertz CT molecular complexity index is 1060. The first kappa shape index (κ1) is 17.2. The van der Waals surface area contributed by atoms with Crippen molar-refractivity contribution >= 4 is 28.3 Å². The highest BCUT2D eigenvalue weighted by Gasteiger charge is 2.16. The van der Waals surface area contributed by atoms with Crippen LogP contribution in [-0.2, 0) is 0 Å². The first-order valence-corrected chi connectivity index (χ1v) is 8.05. The van der Waals surface area contributed by atoms with Gasteiger partial charge in [0.25, 0.3) is 0 Å². The van der Waals surface area contributed by atoms with Crippen molar-refractivity contribution in [2.45, 2.75) is 26.8 Å². The molecule has 7 heteroatoms. The fraction of sp³-hybridized carbons (Fsp3) is 0.222. The van der Waals surface area contributed by atoms with Crippen LogP contribution in [0.2, 0.25) is 5.28 Å². The molecule has 0 atom stereocenters. The second-order valence-corrected chi connectivity index (χ2v) is 6.33. The maximum absolute atomic E-state index is 14.1. The number of carbonyl (C=O) groups excluding carboxylic acids is 1. The normalized spacial score (nSPS) is 11.3. The quantitative estimate of drug-likeness (QED) is 0.523. The third-order valence-electron chi connectivity index (χ3n) is 3.96. The average molecular weight is 360 g/mol. The number of nitrogens with zero attached hydrogens (tertiary/aromatic N) is 3. The van der Waals surface area contributed by atoms with E-state index in [-0.39, 0.29) is 33.8 Å². The van der Waals surface area contributed by atoms with E-state index in [1.807, 2.05) is 18.4 Å². The predicted octanol–water partition coefficient (Wildman–Crippen LogP) is 4.03. The van der Waals surface area contributed by atoms with Gasteiger partial charge in [0.15, 0.2) is 17.0 Å². The number of carbonyl (C=O) groups is 1. The molecule has 2 aromatic heterocycles. The Morgan fingerprint density at radius 3 is 2.68 bits per heavy atom. The Kier molecular flexibility index (Phi) is 4.39. The number of fused-ring (bicyclic) bond motifs is 1. The zero-order valence-electron chi connectivity index (χ0n) is 13.9. The van der Waals surface area contributed by atoms with Gasteiger partial charge in [0.05, 0.1) is 17.3 Å². The average Bonchev–Trinajstić information content (AvgIpc) is 2.56. The third kappa shape index (κ3) is 3.05. The van der Waals surface area contributed by atoms with Crippen molar-refractivity contribution in [3.63, 3.8) is 0 Å². The molecule has 2 heterocycles. The molecule has 0 radical (unpaired) electrons. The lowest BCUT2D eigenvalue weighted by Crippen LogP contribution is -2.18. The van der Waals surface area contributed by atoms with Crippen molar-refractivity contribution in [2.75, 3.05) is 0 Å². The first-order chi connectivity index (χ1) is 11.8. The Morgan fingerprint density at radius 1 is 1.32 bits per heavy atom. The summed E-state index contributed by atoms with van der Waals surface area (Å²) in [6.45, 7) is 5.23. The largest absolute Gasteiger partial charge is 0.344 e. The molecule has 0 saturated carbocycles. The minimum atomic E-state index is -0.609. The minimum absolute atomic E-state index is 0.00437. The maximum Gasteiger partial charge on any atom is 0.223 e. The molecular formula is C18H15ClFN3O2. The van der Waals surface area contributed by atoms with Gasteiger partial charge in [-0.3, -0.25) is 9.59 Å². The van der Waals surface area contributed by atoms with E-state index in [4.69, 9.17) is 11.6 Å². The molecule has 3 rings (SSSR count). The van der Waals surface area contributed by atoms with Gasteiger partial charge in [-0.25, -0.2) is 14.4 Å². The monoisotopic (exact) mass is 359 g/mol. The number of halogens is 2. The van der Waals surface area contributed by atoms with E-state index in [0.29, 0.717) is 16.5 Å². The summed E-state index contributed by atoms with van der Waals surface area (Å²) in [4.78, 5) is 31.9. The van der Waals surface area contributed by atoms with E-state index in [9.17, 15) is 14.0 Å². The van der Waals surface area contributed by atoms with Crippen LogP contribution in [0.3, 0.4) is 0 Å². The van der Waals surface area contributed by atoms with Crippen molar-refractivity contribution in [1.82, 2.24) is 14.5 Å². The van der Waals surface area contributed by atoms with E-state index >= 15 is 0 Å². The lowest BCUT2D eigenvalue weighted by Gasteiger charge is -2.17. The van der Waals surface area contributed by atoms with Gasteiger partial charge in [-0.1, -0.05) is 6.07 Å². The number of ketones is 1. The maximum atomic E-state index is 14.1. The zero-order chi connectivity index (χ0) is 18.3. The molecule has 0 fully saturated rings. The number of hydrogen-bond acceptors (Lipinski definition) is 4. The van der Waals surface area contributed by atoms with E-state index < -0.39 is 5.82 Å². The van der Waals surface area contributed by atoms with Gasteiger partial charge in [0.1, 0.15) is 5.69 Å². The molecule has 3 aromatic rings. The van der Waals surface area contributed by atoms with Gasteiger partial charge >= 0.3 is 0 Å². The molecule has 128 valence electrons. The van der Waals surface area contributed by atoms with Crippen LogP contribution in [0.25, 0.3) is 22.2 Å². The van der Waals surface area contributed by atoms with Gasteiger partial charge in [-0.05, 0) is 44.5 Å². The van der Waals surface area contributed by atoms with E-state index in [1.54, 1.807) is 24.4 Å². The second kappa shape index (κ2) is 6.37. The molecule has 0 unspecified atom stereocenters. The number of Topliss-reactive ketones (excluding diaryl/α,β-unsaturated/α-hetero) is 1. The van der Waals surface area contributed by atoms with Crippen LogP contribution >= 0.6 is 11.6 Å². The van der Waals surface area contributed by atoms with Crippen LogP contribution in [0.15, 0.2) is 35.4 Å². The Hall–Kier alpha value is -2.60. The first-order valence-electron chi connectivity index (χ1n) is 7.68. The fourth-order valence-corrected chi connectivity index (χ4v) is 2.86. The van der Waals surface area contributed by atoms with Crippen LogP contribution in [0.1, 0.15) is 37.2 Å². The van der Waals surface area contributed by atoms with Gasteiger partial charge in [0.2, 0.25) is 5.28 Å². The highest BCUT2D eigenvalue weighted by atomic mass is 35.5. The molecule has 0 N–H and O–H groups in total. The summed E-state index contributed by atoms with van der Waals surface area (Å²) in [5.41, 5.74) is 0.910. The number of benzene rings is 1. The number of hydrogen-bond donors (Lipinski definition) is 0. The highest BCUT2D eigenvalue weighted by molar-refractivity contribution is 6.28. The van der Waals surface area contributed by atoms with Gasteiger partial charge in [-0.2, -0.15) is 0 Å². The summed E-state index contributed by atoms with van der Waals surface area (Å²) in [5, 5.41) is 0.329. The number of rotatable bonds is 3. The summed E-state index contributed by atoms with van der Waals surface area (Å²) in [6, 6.07) is 4.83. The van der Waals surface area contributed by atoms with Crippen LogP contribution in [0.5, 0.6) is 0 Å². The highest BCUT2D eigenvalue weighted by Crippen LogP contribution is 2.26. The lowest BCUT2D eigenvalue weighted by molar-refractivity contribution is 0.101. The summed E-state index contributed by atoms with van der Waals surface area (Å²) < 4.78 is 15.9. The number of pyridine rings is 1. The van der Waals surface area contributed by atoms with Crippen LogP contribution in [0, 0.1) is 5.82 Å². The fourth-order valence-electron chi connectivity index (χ4n) is 2.72. The van der Waals surface area contributed by atoms with Crippen molar-refractivity contribution in [1.29, 1.82) is 0 Å². The van der Waals surface area contributed by atoms with Gasteiger partial charge in [0, 0.05) is 23.2 Å². The lowest BCUT2D eigenvalue weighted by atomic mass is 10.0. The molecule has 0 amide bonds. The molecule has 0 saturated heterocycles. The van der Waals surface area contributed by atoms with Crippen molar-refractivity contribution in [2.24, 2.45) is 0 Å². The topological polar surface area (TPSA) is 64.8 Å². The van der Waals surface area contributed by atoms with Crippen molar-refractivity contribution in [3.05, 3.63) is 57.5 Å². The molecule has 5 nitrogen and oxygen atoms in total. The standard InChI is InChI=1S/C18H15ClFN3O2/c1-9(2)23-8-13(10(3)24)17(25)12-5-4-11(6-15(12)23)16-14(20)7-21-18(19)22-16/h4-9H,1-3H3. The molecule has 0 bridgehead atoms. The van der Waals surface area contributed by atoms with Crippen LogP contribution in [0.4, 0.5) is 4.39 Å². The van der Waals surface area contributed by atoms with Gasteiger partial charge < -0.3 is 4.57 Å². The molecule has 0 spiro atoms. The smallest absolute Gasteiger partial charge is 0.223 e. The van der Waals surface area contributed by atoms with E-state index in [2.05, 4.69) is 9.97 Å². The van der Waals surface area contributed by atoms with Crippen molar-refractivity contribution in [3.8, 4) is 11.3 Å². The summed E-state index contributed by atoms with van der Waals surface area (Å²) in [5.74, 6) is -0.901. The molecular weight excluding hydrogens is 345 g/mol. The minimum Gasteiger partial charge on any atom is -0.344 e. The van der Waals surface area contributed by atoms with E-state index in [1.165, 1.54) is 6.92 Å². The molecule has 0 aliphatic carbocycles. The SMILES string of the molecule is CC(=O)c1cn(C(C)C)c2cc(-c3nc(Cl)ncc3F)ccc2c1=O. The number of aromatic nitrogens is 3. The van der Waals surface area contributed by atoms with E-state index in [0.717, 1.165) is 6.20 Å².